The molecule has 0 unspecified atom stereocenters. The number of nitro groups is 1. The number of carbonyl (C=O) groups is 2. The maximum absolute atomic E-state index is 12.9. The number of nitrogens with one attached hydrogen (secondary N) is 1. The number of benzene rings is 1. The van der Waals surface area contributed by atoms with Crippen LogP contribution >= 0.6 is 0 Å². The molecule has 1 atom stereocenters. The number of ether oxygens (including phenoxy) is 2. The number of aliphatic carboxylic acids is 1. The molecule has 0 aromatic heterocycles. The molecule has 0 spiro atoms. The van der Waals surface area contributed by atoms with E-state index in [1.165, 1.54) is 13.8 Å². The van der Waals surface area contributed by atoms with Crippen LogP contribution in [-0.2, 0) is 14.3 Å². The van der Waals surface area contributed by atoms with Gasteiger partial charge in [0.2, 0.25) is 0 Å². The van der Waals surface area contributed by atoms with Gasteiger partial charge < -0.3 is 19.9 Å². The maximum atomic E-state index is 12.9. The van der Waals surface area contributed by atoms with Crippen LogP contribution in [-0.4, -0.2) is 35.7 Å². The van der Waals surface area contributed by atoms with Gasteiger partial charge in [-0.05, 0) is 19.9 Å². The molecule has 150 valence electrons. The molecule has 1 aliphatic heterocycles. The predicted molar refractivity (Wildman–Crippen MR) is 90.7 cm³/mol. The lowest BCUT2D eigenvalue weighted by Gasteiger charge is -2.30. The molecular formula is C17H16F2N2O7. The summed E-state index contributed by atoms with van der Waals surface area (Å²) in [6, 6.07) is 2.77. The fourth-order valence-corrected chi connectivity index (χ4v) is 3.05. The van der Waals surface area contributed by atoms with E-state index in [4.69, 9.17) is 4.74 Å². The standard InChI is InChI=1S/C17H16F2N2O7/c1-7-12(15(22)23)14(13(8(2)20-7)16(24)27-3)10-6-9(21(25)26)4-5-11(10)28-17(18)19/h4-6,14,17,20H,1-3H3,(H,22,23)/t14-/m0/s1. The zero-order valence-corrected chi connectivity index (χ0v) is 15.0. The Morgan fingerprint density at radius 3 is 2.36 bits per heavy atom. The van der Waals surface area contributed by atoms with Crippen LogP contribution in [0.2, 0.25) is 0 Å². The van der Waals surface area contributed by atoms with E-state index in [1.54, 1.807) is 0 Å². The van der Waals surface area contributed by atoms with E-state index in [0.29, 0.717) is 0 Å². The van der Waals surface area contributed by atoms with Gasteiger partial charge in [-0.25, -0.2) is 9.59 Å². The molecule has 2 rings (SSSR count). The van der Waals surface area contributed by atoms with Crippen molar-refractivity contribution >= 4 is 17.6 Å². The lowest BCUT2D eigenvalue weighted by Crippen LogP contribution is -2.31. The van der Waals surface area contributed by atoms with Crippen molar-refractivity contribution in [2.45, 2.75) is 26.4 Å². The zero-order valence-electron chi connectivity index (χ0n) is 15.0. The number of hydrogen-bond donors (Lipinski definition) is 2. The molecule has 1 aromatic carbocycles. The quantitative estimate of drug-likeness (QED) is 0.425. The van der Waals surface area contributed by atoms with Gasteiger partial charge in [0.15, 0.2) is 0 Å². The highest BCUT2D eigenvalue weighted by Gasteiger charge is 2.39. The number of nitrogens with zero attached hydrogens (tertiary/aromatic N) is 1. The minimum atomic E-state index is -3.27. The summed E-state index contributed by atoms with van der Waals surface area (Å²) >= 11 is 0. The third kappa shape index (κ3) is 3.92. The van der Waals surface area contributed by atoms with Crippen LogP contribution in [0.25, 0.3) is 0 Å². The number of nitro benzene ring substituents is 1. The highest BCUT2D eigenvalue weighted by molar-refractivity contribution is 5.99. The van der Waals surface area contributed by atoms with E-state index >= 15 is 0 Å². The number of methoxy groups -OCH3 is 1. The van der Waals surface area contributed by atoms with Gasteiger partial charge in [0, 0.05) is 29.1 Å². The Kier molecular flexibility index (Phi) is 5.96. The monoisotopic (exact) mass is 398 g/mol. The van der Waals surface area contributed by atoms with Gasteiger partial charge in [0.05, 0.1) is 29.1 Å². The van der Waals surface area contributed by atoms with Crippen LogP contribution in [0.1, 0.15) is 25.3 Å². The van der Waals surface area contributed by atoms with Crippen molar-refractivity contribution in [3.05, 3.63) is 56.4 Å². The number of hydrogen-bond acceptors (Lipinski definition) is 7. The molecule has 28 heavy (non-hydrogen) atoms. The first-order chi connectivity index (χ1) is 13.1. The molecule has 11 heteroatoms. The second-order valence-corrected chi connectivity index (χ2v) is 5.79. The topological polar surface area (TPSA) is 128 Å². The highest BCUT2D eigenvalue weighted by atomic mass is 19.3. The molecule has 1 heterocycles. The SMILES string of the molecule is COC(=O)C1=C(C)NC(C)=C(C(=O)O)[C@@H]1c1cc([N+](=O)[O-])ccc1OC(F)F. The van der Waals surface area contributed by atoms with E-state index in [2.05, 4.69) is 10.1 Å². The minimum Gasteiger partial charge on any atom is -0.478 e. The van der Waals surface area contributed by atoms with Crippen molar-refractivity contribution in [3.63, 3.8) is 0 Å². The Labute approximate surface area is 157 Å². The largest absolute Gasteiger partial charge is 0.478 e. The second kappa shape index (κ2) is 8.03. The summed E-state index contributed by atoms with van der Waals surface area (Å²) in [5.41, 5.74) is -0.950. The molecule has 2 N–H and O–H groups in total. The zero-order chi connectivity index (χ0) is 21.2. The third-order valence-electron chi connectivity index (χ3n) is 4.13. The number of dihydropyridines is 1. The van der Waals surface area contributed by atoms with Crippen LogP contribution in [0.4, 0.5) is 14.5 Å². The number of allylic oxidation sites excluding steroid dienone is 2. The molecule has 0 saturated heterocycles. The van der Waals surface area contributed by atoms with Gasteiger partial charge >= 0.3 is 18.6 Å². The Morgan fingerprint density at radius 1 is 1.25 bits per heavy atom. The third-order valence-corrected chi connectivity index (χ3v) is 4.13. The predicted octanol–water partition coefficient (Wildman–Crippen LogP) is 2.69. The average Bonchev–Trinajstić information content (AvgIpc) is 2.59. The van der Waals surface area contributed by atoms with Crippen molar-refractivity contribution in [1.29, 1.82) is 0 Å². The fraction of sp³-hybridized carbons (Fsp3) is 0.294. The Hall–Kier alpha value is -3.50. The van der Waals surface area contributed by atoms with Crippen LogP contribution in [0.15, 0.2) is 40.7 Å². The molecule has 0 amide bonds. The van der Waals surface area contributed by atoms with Gasteiger partial charge in [-0.2, -0.15) is 8.78 Å². The van der Waals surface area contributed by atoms with Crippen molar-refractivity contribution < 1.29 is 37.9 Å². The summed E-state index contributed by atoms with van der Waals surface area (Å²) in [5, 5.41) is 23.5. The van der Waals surface area contributed by atoms with E-state index in [0.717, 1.165) is 25.3 Å². The molecule has 0 saturated carbocycles. The second-order valence-electron chi connectivity index (χ2n) is 5.79. The normalized spacial score (nSPS) is 16.7. The van der Waals surface area contributed by atoms with Crippen molar-refractivity contribution in [2.75, 3.05) is 7.11 Å². The number of esters is 1. The number of rotatable bonds is 6. The molecule has 0 bridgehead atoms. The minimum absolute atomic E-state index is 0.136. The summed E-state index contributed by atoms with van der Waals surface area (Å²) in [7, 11) is 1.06. The van der Waals surface area contributed by atoms with Gasteiger partial charge in [-0.15, -0.1) is 0 Å². The number of carboxylic acids is 1. The lowest BCUT2D eigenvalue weighted by atomic mass is 9.80. The number of carboxylic acid groups (broad SMARTS) is 1. The first-order valence-electron chi connectivity index (χ1n) is 7.81. The Balaban J connectivity index is 2.85. The van der Waals surface area contributed by atoms with Crippen LogP contribution < -0.4 is 10.1 Å². The highest BCUT2D eigenvalue weighted by Crippen LogP contribution is 2.43. The van der Waals surface area contributed by atoms with E-state index in [1.807, 2.05) is 0 Å². The molecule has 9 nitrogen and oxygen atoms in total. The van der Waals surface area contributed by atoms with Crippen LogP contribution in [0.5, 0.6) is 5.75 Å². The fourth-order valence-electron chi connectivity index (χ4n) is 3.05. The van der Waals surface area contributed by atoms with Gasteiger partial charge in [0.25, 0.3) is 5.69 Å². The first kappa shape index (κ1) is 20.8. The average molecular weight is 398 g/mol. The number of non-ortho nitro benzene ring substituents is 1. The van der Waals surface area contributed by atoms with Crippen molar-refractivity contribution in [1.82, 2.24) is 5.32 Å². The van der Waals surface area contributed by atoms with E-state index < -0.39 is 40.8 Å². The number of carbonyl (C=O) groups excluding carboxylic acids is 1. The Morgan fingerprint density at radius 2 is 1.86 bits per heavy atom. The van der Waals surface area contributed by atoms with E-state index in [-0.39, 0.29) is 28.1 Å². The lowest BCUT2D eigenvalue weighted by molar-refractivity contribution is -0.385. The maximum Gasteiger partial charge on any atom is 0.387 e. The molecule has 1 aliphatic rings. The van der Waals surface area contributed by atoms with Crippen molar-refractivity contribution in [3.8, 4) is 5.75 Å². The van der Waals surface area contributed by atoms with Gasteiger partial charge in [-0.3, -0.25) is 10.1 Å². The summed E-state index contributed by atoms with van der Waals surface area (Å²) in [5.74, 6) is -4.29. The summed E-state index contributed by atoms with van der Waals surface area (Å²) < 4.78 is 34.8. The number of alkyl halides is 2. The molecule has 0 radical (unpaired) electrons. The van der Waals surface area contributed by atoms with Gasteiger partial charge in [0.1, 0.15) is 5.75 Å². The van der Waals surface area contributed by atoms with Crippen molar-refractivity contribution in [2.24, 2.45) is 0 Å². The van der Waals surface area contributed by atoms with Crippen LogP contribution in [0.3, 0.4) is 0 Å². The first-order valence-corrected chi connectivity index (χ1v) is 7.81. The molecular weight excluding hydrogens is 382 g/mol. The molecule has 0 fully saturated rings. The molecule has 0 aliphatic carbocycles. The van der Waals surface area contributed by atoms with Crippen LogP contribution in [0, 0.1) is 10.1 Å². The summed E-state index contributed by atoms with van der Waals surface area (Å²) in [4.78, 5) is 34.6. The van der Waals surface area contributed by atoms with Gasteiger partial charge in [-0.1, -0.05) is 0 Å². The molecule has 1 aromatic rings. The summed E-state index contributed by atoms with van der Waals surface area (Å²) in [6.07, 6.45) is 0. The number of halogens is 2. The Bertz CT molecular complexity index is 909. The summed E-state index contributed by atoms with van der Waals surface area (Å²) in [6.45, 7) is -0.391. The smallest absolute Gasteiger partial charge is 0.387 e. The van der Waals surface area contributed by atoms with E-state index in [9.17, 15) is 33.6 Å².